The molecule has 11 nitrogen and oxygen atoms in total. The number of halogens is 2. The summed E-state index contributed by atoms with van der Waals surface area (Å²) in [6.07, 6.45) is 7.63. The molecular formula is C24H27F2N9O2. The van der Waals surface area contributed by atoms with Gasteiger partial charge in [0.15, 0.2) is 11.5 Å². The number of nitrogens with one attached hydrogen (secondary N) is 1. The number of ether oxygens (including phenoxy) is 1. The minimum absolute atomic E-state index is 0.0146. The van der Waals surface area contributed by atoms with E-state index in [1.165, 1.54) is 21.8 Å². The highest BCUT2D eigenvalue weighted by Crippen LogP contribution is 2.27. The third-order valence-electron chi connectivity index (χ3n) is 6.01. The zero-order valence-corrected chi connectivity index (χ0v) is 20.6. The zero-order valence-electron chi connectivity index (χ0n) is 20.6. The van der Waals surface area contributed by atoms with E-state index in [4.69, 9.17) is 4.74 Å². The summed E-state index contributed by atoms with van der Waals surface area (Å²) >= 11 is 0. The van der Waals surface area contributed by atoms with Gasteiger partial charge in [0.25, 0.3) is 5.91 Å². The van der Waals surface area contributed by atoms with E-state index < -0.39 is 11.6 Å². The summed E-state index contributed by atoms with van der Waals surface area (Å²) in [4.78, 5) is 24.4. The average Bonchev–Trinajstić information content (AvgIpc) is 3.49. The second-order valence-corrected chi connectivity index (χ2v) is 9.01. The Morgan fingerprint density at radius 1 is 1.16 bits per heavy atom. The molecular weight excluding hydrogens is 484 g/mol. The lowest BCUT2D eigenvalue weighted by Crippen LogP contribution is -2.42. The number of nitrogens with zero attached hydrogens (tertiary/aromatic N) is 8. The first-order chi connectivity index (χ1) is 17.9. The normalized spacial score (nSPS) is 14.2. The lowest BCUT2D eigenvalue weighted by Gasteiger charge is -2.27. The highest BCUT2D eigenvalue weighted by Gasteiger charge is 2.26. The van der Waals surface area contributed by atoms with Gasteiger partial charge in [0.2, 0.25) is 5.95 Å². The van der Waals surface area contributed by atoms with Crippen molar-refractivity contribution in [3.8, 4) is 0 Å². The number of carbonyl (C=O) groups excluding carboxylic acids is 1. The Morgan fingerprint density at radius 2 is 2.03 bits per heavy atom. The maximum atomic E-state index is 15.4. The number of rotatable bonds is 9. The van der Waals surface area contributed by atoms with Crippen LogP contribution in [0, 0.1) is 11.6 Å². The van der Waals surface area contributed by atoms with Crippen LogP contribution in [0.5, 0.6) is 0 Å². The van der Waals surface area contributed by atoms with Crippen molar-refractivity contribution < 1.29 is 18.3 Å². The number of morpholine rings is 1. The minimum atomic E-state index is -0.812. The first-order valence-corrected chi connectivity index (χ1v) is 11.9. The molecule has 0 aliphatic carbocycles. The Labute approximate surface area is 211 Å². The van der Waals surface area contributed by atoms with E-state index in [0.29, 0.717) is 17.0 Å². The molecule has 13 heteroatoms. The van der Waals surface area contributed by atoms with Crippen LogP contribution in [0.25, 0.3) is 11.0 Å². The number of hydrogen-bond donors (Lipinski definition) is 1. The molecule has 1 saturated heterocycles. The van der Waals surface area contributed by atoms with Crippen LogP contribution in [0.1, 0.15) is 12.0 Å². The van der Waals surface area contributed by atoms with Gasteiger partial charge in [-0.25, -0.2) is 18.4 Å². The van der Waals surface area contributed by atoms with Gasteiger partial charge in [0.05, 0.1) is 42.3 Å². The Kier molecular flexibility index (Phi) is 7.06. The summed E-state index contributed by atoms with van der Waals surface area (Å²) in [5.74, 6) is -1.62. The van der Waals surface area contributed by atoms with Crippen molar-refractivity contribution in [2.24, 2.45) is 0 Å². The standard InChI is InChI=1S/C24H27F2N9O2/c1-32(2)6-3-7-33-13-17(12-28-33)30-24-27-10-16-11-29-35(23(16)31-24)14-18-19(25)4-5-20(22(18)26)34-8-9-37-15-21(34)36/h4-5,10-13H,3,6-9,14-15H2,1-2H3,(H,27,30,31). The quantitative estimate of drug-likeness (QED) is 0.365. The summed E-state index contributed by atoms with van der Waals surface area (Å²) < 4.78 is 38.5. The Balaban J connectivity index is 1.36. The molecule has 0 saturated carbocycles. The van der Waals surface area contributed by atoms with E-state index >= 15 is 4.39 Å². The van der Waals surface area contributed by atoms with Crippen molar-refractivity contribution in [2.45, 2.75) is 19.5 Å². The molecule has 1 aliphatic rings. The summed E-state index contributed by atoms with van der Waals surface area (Å²) in [7, 11) is 4.05. The fraction of sp³-hybridized carbons (Fsp3) is 0.375. The third-order valence-corrected chi connectivity index (χ3v) is 6.01. The number of amides is 1. The van der Waals surface area contributed by atoms with Gasteiger partial charge in [-0.05, 0) is 39.2 Å². The Morgan fingerprint density at radius 3 is 2.84 bits per heavy atom. The van der Waals surface area contributed by atoms with Crippen molar-refractivity contribution in [3.05, 3.63) is 54.1 Å². The first kappa shape index (κ1) is 24.7. The first-order valence-electron chi connectivity index (χ1n) is 11.9. The van der Waals surface area contributed by atoms with E-state index in [2.05, 4.69) is 30.4 Å². The summed E-state index contributed by atoms with van der Waals surface area (Å²) in [5, 5.41) is 12.3. The number of benzene rings is 1. The molecule has 0 atom stereocenters. The van der Waals surface area contributed by atoms with Crippen molar-refractivity contribution in [1.82, 2.24) is 34.4 Å². The predicted molar refractivity (Wildman–Crippen MR) is 133 cm³/mol. The third kappa shape index (κ3) is 5.42. The number of fused-ring (bicyclic) bond motifs is 1. The molecule has 1 fully saturated rings. The number of anilines is 3. The molecule has 3 aromatic heterocycles. The van der Waals surface area contributed by atoms with Gasteiger partial charge in [-0.1, -0.05) is 0 Å². The van der Waals surface area contributed by atoms with Gasteiger partial charge in [-0.15, -0.1) is 0 Å². The molecule has 37 heavy (non-hydrogen) atoms. The monoisotopic (exact) mass is 511 g/mol. The van der Waals surface area contributed by atoms with Crippen LogP contribution < -0.4 is 10.2 Å². The van der Waals surface area contributed by atoms with Gasteiger partial charge >= 0.3 is 0 Å². The summed E-state index contributed by atoms with van der Waals surface area (Å²) in [6.45, 7) is 1.85. The molecule has 0 spiro atoms. The van der Waals surface area contributed by atoms with Crippen molar-refractivity contribution in [1.29, 1.82) is 0 Å². The smallest absolute Gasteiger partial charge is 0.253 e. The van der Waals surface area contributed by atoms with Crippen LogP contribution in [0.2, 0.25) is 0 Å². The van der Waals surface area contributed by atoms with Crippen LogP contribution in [-0.4, -0.2) is 80.7 Å². The van der Waals surface area contributed by atoms with Gasteiger partial charge in [0.1, 0.15) is 12.4 Å². The molecule has 0 radical (unpaired) electrons. The fourth-order valence-electron chi connectivity index (χ4n) is 4.13. The second kappa shape index (κ2) is 10.6. The van der Waals surface area contributed by atoms with E-state index in [9.17, 15) is 9.18 Å². The number of aryl methyl sites for hydroxylation is 1. The largest absolute Gasteiger partial charge is 0.370 e. The zero-order chi connectivity index (χ0) is 25.9. The number of hydrogen-bond acceptors (Lipinski definition) is 8. The van der Waals surface area contributed by atoms with E-state index in [1.807, 2.05) is 25.0 Å². The van der Waals surface area contributed by atoms with Crippen molar-refractivity contribution in [3.63, 3.8) is 0 Å². The van der Waals surface area contributed by atoms with Crippen molar-refractivity contribution >= 4 is 34.3 Å². The Hall–Kier alpha value is -3.97. The van der Waals surface area contributed by atoms with Crippen molar-refractivity contribution in [2.75, 3.05) is 50.6 Å². The minimum Gasteiger partial charge on any atom is -0.370 e. The van der Waals surface area contributed by atoms with E-state index in [-0.39, 0.29) is 43.5 Å². The molecule has 1 amide bonds. The summed E-state index contributed by atoms with van der Waals surface area (Å²) in [5.41, 5.74) is 0.924. The molecule has 5 rings (SSSR count). The molecule has 4 heterocycles. The summed E-state index contributed by atoms with van der Waals surface area (Å²) in [6, 6.07) is 2.42. The fourth-order valence-corrected chi connectivity index (χ4v) is 4.13. The molecule has 1 N–H and O–H groups in total. The average molecular weight is 512 g/mol. The van der Waals surface area contributed by atoms with Gasteiger partial charge < -0.3 is 19.9 Å². The van der Waals surface area contributed by atoms with Gasteiger partial charge in [0, 0.05) is 31.0 Å². The maximum absolute atomic E-state index is 15.4. The Bertz CT molecular complexity index is 1420. The molecule has 1 aromatic carbocycles. The number of carbonyl (C=O) groups is 1. The van der Waals surface area contributed by atoms with Crippen LogP contribution in [0.15, 0.2) is 36.9 Å². The van der Waals surface area contributed by atoms with Gasteiger partial charge in [-0.3, -0.25) is 9.48 Å². The molecule has 194 valence electrons. The SMILES string of the molecule is CN(C)CCCn1cc(Nc2ncc3cnn(Cc4c(F)ccc(N5CCOCC5=O)c4F)c3n2)cn1. The molecule has 1 aliphatic heterocycles. The highest BCUT2D eigenvalue weighted by molar-refractivity contribution is 5.95. The lowest BCUT2D eigenvalue weighted by atomic mass is 10.1. The lowest BCUT2D eigenvalue weighted by molar-refractivity contribution is -0.125. The molecule has 0 bridgehead atoms. The van der Waals surface area contributed by atoms with Crippen LogP contribution in [-0.2, 0) is 22.6 Å². The van der Waals surface area contributed by atoms with E-state index in [0.717, 1.165) is 31.3 Å². The topological polar surface area (TPSA) is 106 Å². The molecule has 4 aromatic rings. The maximum Gasteiger partial charge on any atom is 0.253 e. The van der Waals surface area contributed by atoms with Gasteiger partial charge in [-0.2, -0.15) is 15.2 Å². The second-order valence-electron chi connectivity index (χ2n) is 9.01. The number of aromatic nitrogens is 6. The van der Waals surface area contributed by atoms with Crippen LogP contribution in [0.3, 0.4) is 0 Å². The van der Waals surface area contributed by atoms with E-state index in [1.54, 1.807) is 12.4 Å². The highest BCUT2D eigenvalue weighted by atomic mass is 19.1. The molecule has 0 unspecified atom stereocenters. The predicted octanol–water partition coefficient (Wildman–Crippen LogP) is 2.41. The van der Waals surface area contributed by atoms with Crippen LogP contribution in [0.4, 0.5) is 26.1 Å². The van der Waals surface area contributed by atoms with Crippen LogP contribution >= 0.6 is 0 Å².